The highest BCUT2D eigenvalue weighted by Crippen LogP contribution is 2.24. The SMILES string of the molecule is NCC(O)(CCn1ccnc1)c1ccccc1. The highest BCUT2D eigenvalue weighted by molar-refractivity contribution is 5.22. The topological polar surface area (TPSA) is 64.1 Å². The number of nitrogens with zero attached hydrogens (tertiary/aromatic N) is 2. The van der Waals surface area contributed by atoms with Gasteiger partial charge in [-0.1, -0.05) is 30.3 Å². The molecule has 1 aromatic heterocycles. The van der Waals surface area contributed by atoms with Crippen LogP contribution < -0.4 is 5.73 Å². The predicted molar refractivity (Wildman–Crippen MR) is 66.2 cm³/mol. The fourth-order valence-electron chi connectivity index (χ4n) is 1.85. The van der Waals surface area contributed by atoms with Crippen LogP contribution in [-0.2, 0) is 12.1 Å². The van der Waals surface area contributed by atoms with Crippen LogP contribution in [0.1, 0.15) is 12.0 Å². The van der Waals surface area contributed by atoms with Gasteiger partial charge in [-0.3, -0.25) is 0 Å². The summed E-state index contributed by atoms with van der Waals surface area (Å²) in [5.41, 5.74) is 5.60. The molecule has 0 bridgehead atoms. The standard InChI is InChI=1S/C13H17N3O/c14-10-13(17,12-4-2-1-3-5-12)6-8-16-9-7-15-11-16/h1-5,7,9,11,17H,6,8,10,14H2. The minimum absolute atomic E-state index is 0.214. The first-order valence-corrected chi connectivity index (χ1v) is 5.68. The van der Waals surface area contributed by atoms with Crippen molar-refractivity contribution in [3.05, 3.63) is 54.6 Å². The lowest BCUT2D eigenvalue weighted by Gasteiger charge is -2.27. The van der Waals surface area contributed by atoms with E-state index in [0.717, 1.165) is 5.56 Å². The predicted octanol–water partition coefficient (Wildman–Crippen LogP) is 1.12. The van der Waals surface area contributed by atoms with E-state index >= 15 is 0 Å². The van der Waals surface area contributed by atoms with Crippen molar-refractivity contribution in [1.29, 1.82) is 0 Å². The van der Waals surface area contributed by atoms with E-state index < -0.39 is 5.60 Å². The Labute approximate surface area is 101 Å². The van der Waals surface area contributed by atoms with Gasteiger partial charge in [0, 0.05) is 25.5 Å². The van der Waals surface area contributed by atoms with Crippen molar-refractivity contribution in [2.24, 2.45) is 5.73 Å². The average molecular weight is 231 g/mol. The quantitative estimate of drug-likeness (QED) is 0.810. The van der Waals surface area contributed by atoms with Gasteiger partial charge in [-0.2, -0.15) is 0 Å². The summed E-state index contributed by atoms with van der Waals surface area (Å²) in [4.78, 5) is 3.97. The van der Waals surface area contributed by atoms with Gasteiger partial charge in [-0.15, -0.1) is 0 Å². The average Bonchev–Trinajstić information content (AvgIpc) is 2.90. The van der Waals surface area contributed by atoms with E-state index in [2.05, 4.69) is 4.98 Å². The maximum Gasteiger partial charge on any atom is 0.103 e. The molecule has 90 valence electrons. The van der Waals surface area contributed by atoms with Gasteiger partial charge >= 0.3 is 0 Å². The van der Waals surface area contributed by atoms with Gasteiger partial charge in [0.25, 0.3) is 0 Å². The van der Waals surface area contributed by atoms with Gasteiger partial charge in [0.15, 0.2) is 0 Å². The van der Waals surface area contributed by atoms with Crippen molar-refractivity contribution in [3.8, 4) is 0 Å². The summed E-state index contributed by atoms with van der Waals surface area (Å²) in [5.74, 6) is 0. The zero-order chi connectivity index (χ0) is 12.1. The first kappa shape index (κ1) is 11.8. The lowest BCUT2D eigenvalue weighted by molar-refractivity contribution is 0.0322. The number of hydrogen-bond donors (Lipinski definition) is 2. The van der Waals surface area contributed by atoms with E-state index in [4.69, 9.17) is 5.73 Å². The van der Waals surface area contributed by atoms with Gasteiger partial charge < -0.3 is 15.4 Å². The van der Waals surface area contributed by atoms with E-state index in [1.54, 1.807) is 12.5 Å². The fraction of sp³-hybridized carbons (Fsp3) is 0.308. The van der Waals surface area contributed by atoms with Crippen LogP contribution in [0.2, 0.25) is 0 Å². The summed E-state index contributed by atoms with van der Waals surface area (Å²) in [6.45, 7) is 0.911. The second-order valence-corrected chi connectivity index (χ2v) is 4.15. The molecule has 1 aromatic carbocycles. The van der Waals surface area contributed by atoms with Crippen molar-refractivity contribution < 1.29 is 5.11 Å². The molecule has 2 aromatic rings. The molecule has 0 radical (unpaired) electrons. The van der Waals surface area contributed by atoms with Crippen LogP contribution in [0.15, 0.2) is 49.1 Å². The molecule has 0 fully saturated rings. The van der Waals surface area contributed by atoms with Crippen LogP contribution in [-0.4, -0.2) is 21.2 Å². The van der Waals surface area contributed by atoms with Gasteiger partial charge in [0.2, 0.25) is 0 Å². The van der Waals surface area contributed by atoms with E-state index in [1.807, 2.05) is 41.1 Å². The highest BCUT2D eigenvalue weighted by atomic mass is 16.3. The minimum atomic E-state index is -0.967. The zero-order valence-electron chi connectivity index (χ0n) is 9.66. The largest absolute Gasteiger partial charge is 0.384 e. The van der Waals surface area contributed by atoms with E-state index in [1.165, 1.54) is 0 Å². The Morgan fingerprint density at radius 2 is 2.06 bits per heavy atom. The Morgan fingerprint density at radius 1 is 1.29 bits per heavy atom. The number of hydrogen-bond acceptors (Lipinski definition) is 3. The highest BCUT2D eigenvalue weighted by Gasteiger charge is 2.26. The van der Waals surface area contributed by atoms with Gasteiger partial charge in [0.1, 0.15) is 5.60 Å². The Bertz CT molecular complexity index is 441. The molecular weight excluding hydrogens is 214 g/mol. The number of rotatable bonds is 5. The molecule has 0 amide bonds. The first-order chi connectivity index (χ1) is 8.24. The van der Waals surface area contributed by atoms with Crippen LogP contribution in [0.5, 0.6) is 0 Å². The molecule has 17 heavy (non-hydrogen) atoms. The van der Waals surface area contributed by atoms with Crippen molar-refractivity contribution in [1.82, 2.24) is 9.55 Å². The van der Waals surface area contributed by atoms with E-state index in [9.17, 15) is 5.11 Å². The third-order valence-electron chi connectivity index (χ3n) is 2.99. The normalized spacial score (nSPS) is 14.5. The summed E-state index contributed by atoms with van der Waals surface area (Å²) >= 11 is 0. The number of imidazole rings is 1. The molecule has 0 saturated carbocycles. The molecule has 1 heterocycles. The van der Waals surface area contributed by atoms with Gasteiger partial charge in [0.05, 0.1) is 6.33 Å². The molecule has 4 heteroatoms. The molecule has 0 aliphatic heterocycles. The molecule has 0 aliphatic carbocycles. The number of aromatic nitrogens is 2. The molecule has 0 spiro atoms. The van der Waals surface area contributed by atoms with Crippen LogP contribution in [0, 0.1) is 0 Å². The molecule has 4 nitrogen and oxygen atoms in total. The Hall–Kier alpha value is -1.65. The van der Waals surface area contributed by atoms with Crippen LogP contribution in [0.25, 0.3) is 0 Å². The molecular formula is C13H17N3O. The molecule has 0 saturated heterocycles. The minimum Gasteiger partial charge on any atom is -0.384 e. The Morgan fingerprint density at radius 3 is 2.65 bits per heavy atom. The van der Waals surface area contributed by atoms with Crippen LogP contribution in [0.4, 0.5) is 0 Å². The van der Waals surface area contributed by atoms with Crippen molar-refractivity contribution in [2.45, 2.75) is 18.6 Å². The number of aryl methyl sites for hydroxylation is 1. The monoisotopic (exact) mass is 231 g/mol. The third kappa shape index (κ3) is 2.72. The summed E-state index contributed by atoms with van der Waals surface area (Å²) in [6, 6.07) is 9.55. The molecule has 3 N–H and O–H groups in total. The maximum absolute atomic E-state index is 10.5. The second-order valence-electron chi connectivity index (χ2n) is 4.15. The molecule has 0 aliphatic rings. The van der Waals surface area contributed by atoms with Gasteiger partial charge in [-0.05, 0) is 12.0 Å². The first-order valence-electron chi connectivity index (χ1n) is 5.68. The second kappa shape index (κ2) is 5.12. The third-order valence-corrected chi connectivity index (χ3v) is 2.99. The van der Waals surface area contributed by atoms with E-state index in [0.29, 0.717) is 13.0 Å². The lowest BCUT2D eigenvalue weighted by atomic mass is 9.90. The molecule has 1 atom stereocenters. The Balaban J connectivity index is 2.09. The van der Waals surface area contributed by atoms with E-state index in [-0.39, 0.29) is 6.54 Å². The van der Waals surface area contributed by atoms with Crippen LogP contribution >= 0.6 is 0 Å². The summed E-state index contributed by atoms with van der Waals surface area (Å²) in [5, 5.41) is 10.5. The fourth-order valence-corrected chi connectivity index (χ4v) is 1.85. The number of aliphatic hydroxyl groups is 1. The van der Waals surface area contributed by atoms with Crippen molar-refractivity contribution in [3.63, 3.8) is 0 Å². The summed E-state index contributed by atoms with van der Waals surface area (Å²) in [6.07, 6.45) is 5.91. The molecule has 2 rings (SSSR count). The van der Waals surface area contributed by atoms with Crippen molar-refractivity contribution in [2.75, 3.05) is 6.54 Å². The zero-order valence-corrected chi connectivity index (χ0v) is 9.66. The maximum atomic E-state index is 10.5. The van der Waals surface area contributed by atoms with Crippen LogP contribution in [0.3, 0.4) is 0 Å². The lowest BCUT2D eigenvalue weighted by Crippen LogP contribution is -2.35. The molecule has 1 unspecified atom stereocenters. The smallest absolute Gasteiger partial charge is 0.103 e. The summed E-state index contributed by atoms with van der Waals surface area (Å²) in [7, 11) is 0. The Kier molecular flexibility index (Phi) is 3.56. The summed E-state index contributed by atoms with van der Waals surface area (Å²) < 4.78 is 1.93. The number of benzene rings is 1. The van der Waals surface area contributed by atoms with Gasteiger partial charge in [-0.25, -0.2) is 4.98 Å². The van der Waals surface area contributed by atoms with Crippen molar-refractivity contribution >= 4 is 0 Å². The number of nitrogens with two attached hydrogens (primary N) is 1.